The van der Waals surface area contributed by atoms with Gasteiger partial charge in [0.2, 0.25) is 0 Å². The lowest BCUT2D eigenvalue weighted by molar-refractivity contribution is -0.0935. The van der Waals surface area contributed by atoms with E-state index in [9.17, 15) is 5.21 Å². The molecule has 1 heterocycles. The fourth-order valence-corrected chi connectivity index (χ4v) is 1.79. The van der Waals surface area contributed by atoms with Crippen LogP contribution in [0.2, 0.25) is 0 Å². The second-order valence-electron chi connectivity index (χ2n) is 3.74. The van der Waals surface area contributed by atoms with E-state index in [1.807, 2.05) is 7.05 Å². The molecule has 82 valence electrons. The number of anilines is 2. The van der Waals surface area contributed by atoms with E-state index >= 15 is 0 Å². The van der Waals surface area contributed by atoms with Crippen LogP contribution in [0.25, 0.3) is 0 Å². The van der Waals surface area contributed by atoms with Crippen molar-refractivity contribution in [2.24, 2.45) is 0 Å². The van der Waals surface area contributed by atoms with E-state index in [-0.39, 0.29) is 0 Å². The molecule has 0 saturated carbocycles. The van der Waals surface area contributed by atoms with Crippen LogP contribution in [0.3, 0.4) is 0 Å². The SMILES string of the molecule is CNc1ccc(N2CCN(O)CC2)cc1. The van der Waals surface area contributed by atoms with Gasteiger partial charge in [0.05, 0.1) is 0 Å². The molecule has 0 bridgehead atoms. The fourth-order valence-electron chi connectivity index (χ4n) is 1.79. The summed E-state index contributed by atoms with van der Waals surface area (Å²) in [6, 6.07) is 8.36. The van der Waals surface area contributed by atoms with Gasteiger partial charge in [0.15, 0.2) is 0 Å². The van der Waals surface area contributed by atoms with Crippen molar-refractivity contribution in [1.82, 2.24) is 5.06 Å². The molecule has 1 aliphatic rings. The molecule has 1 aromatic rings. The van der Waals surface area contributed by atoms with Gasteiger partial charge in [-0.15, -0.1) is 0 Å². The van der Waals surface area contributed by atoms with Crippen LogP contribution >= 0.6 is 0 Å². The first-order chi connectivity index (χ1) is 7.29. The Morgan fingerprint density at radius 1 is 1.07 bits per heavy atom. The fraction of sp³-hybridized carbons (Fsp3) is 0.455. The molecule has 0 aromatic heterocycles. The van der Waals surface area contributed by atoms with Crippen LogP contribution in [-0.2, 0) is 0 Å². The lowest BCUT2D eigenvalue weighted by Gasteiger charge is -2.32. The molecule has 1 aromatic carbocycles. The molecule has 0 spiro atoms. The molecule has 4 nitrogen and oxygen atoms in total. The average molecular weight is 207 g/mol. The van der Waals surface area contributed by atoms with E-state index in [0.29, 0.717) is 13.1 Å². The van der Waals surface area contributed by atoms with E-state index in [2.05, 4.69) is 34.5 Å². The van der Waals surface area contributed by atoms with Gasteiger partial charge in [-0.25, -0.2) is 0 Å². The van der Waals surface area contributed by atoms with Crippen LogP contribution in [0, 0.1) is 0 Å². The van der Waals surface area contributed by atoms with Gasteiger partial charge in [-0.2, -0.15) is 5.06 Å². The van der Waals surface area contributed by atoms with Crippen molar-refractivity contribution >= 4 is 11.4 Å². The van der Waals surface area contributed by atoms with Crippen LogP contribution in [0.5, 0.6) is 0 Å². The van der Waals surface area contributed by atoms with Crippen molar-refractivity contribution in [2.75, 3.05) is 43.4 Å². The maximum Gasteiger partial charge on any atom is 0.0414 e. The summed E-state index contributed by atoms with van der Waals surface area (Å²) in [5.41, 5.74) is 2.35. The molecule has 15 heavy (non-hydrogen) atoms. The minimum absolute atomic E-state index is 0.716. The Morgan fingerprint density at radius 3 is 2.20 bits per heavy atom. The first kappa shape index (κ1) is 10.3. The standard InChI is InChI=1S/C11H17N3O/c1-12-10-2-4-11(5-3-10)13-6-8-14(15)9-7-13/h2-5,12,15H,6-9H2,1H3. The summed E-state index contributed by atoms with van der Waals surface area (Å²) in [5, 5.41) is 13.7. The Bertz CT molecular complexity index is 304. The largest absolute Gasteiger partial charge is 0.388 e. The van der Waals surface area contributed by atoms with Gasteiger partial charge >= 0.3 is 0 Å². The summed E-state index contributed by atoms with van der Waals surface area (Å²) in [4.78, 5) is 2.28. The van der Waals surface area contributed by atoms with E-state index in [4.69, 9.17) is 0 Å². The number of rotatable bonds is 2. The number of hydroxylamine groups is 2. The highest BCUT2D eigenvalue weighted by molar-refractivity contribution is 5.55. The second kappa shape index (κ2) is 4.51. The maximum absolute atomic E-state index is 9.25. The Morgan fingerprint density at radius 2 is 1.67 bits per heavy atom. The number of piperazine rings is 1. The highest BCUT2D eigenvalue weighted by Crippen LogP contribution is 2.18. The third-order valence-corrected chi connectivity index (χ3v) is 2.78. The number of hydrogen-bond donors (Lipinski definition) is 2. The van der Waals surface area contributed by atoms with Crippen molar-refractivity contribution in [3.63, 3.8) is 0 Å². The molecule has 1 fully saturated rings. The highest BCUT2D eigenvalue weighted by Gasteiger charge is 2.14. The van der Waals surface area contributed by atoms with Crippen LogP contribution in [0.1, 0.15) is 0 Å². The van der Waals surface area contributed by atoms with E-state index in [0.717, 1.165) is 18.8 Å². The first-order valence-electron chi connectivity index (χ1n) is 5.26. The predicted molar refractivity (Wildman–Crippen MR) is 61.6 cm³/mol. The van der Waals surface area contributed by atoms with Gasteiger partial charge in [0, 0.05) is 44.6 Å². The maximum atomic E-state index is 9.25. The quantitative estimate of drug-likeness (QED) is 0.765. The monoisotopic (exact) mass is 207 g/mol. The summed E-state index contributed by atoms with van der Waals surface area (Å²) in [5.74, 6) is 0. The molecular formula is C11H17N3O. The summed E-state index contributed by atoms with van der Waals surface area (Å²) >= 11 is 0. The zero-order valence-corrected chi connectivity index (χ0v) is 8.98. The summed E-state index contributed by atoms with van der Waals surface area (Å²) in [6.07, 6.45) is 0. The summed E-state index contributed by atoms with van der Waals surface area (Å²) in [6.45, 7) is 3.20. The molecule has 1 saturated heterocycles. The second-order valence-corrected chi connectivity index (χ2v) is 3.74. The van der Waals surface area contributed by atoms with Crippen LogP contribution < -0.4 is 10.2 Å². The van der Waals surface area contributed by atoms with Crippen molar-refractivity contribution < 1.29 is 5.21 Å². The summed E-state index contributed by atoms with van der Waals surface area (Å²) < 4.78 is 0. The third kappa shape index (κ3) is 2.40. The van der Waals surface area contributed by atoms with Crippen LogP contribution in [0.4, 0.5) is 11.4 Å². The molecule has 0 aliphatic carbocycles. The van der Waals surface area contributed by atoms with Gasteiger partial charge in [0.25, 0.3) is 0 Å². The topological polar surface area (TPSA) is 38.7 Å². The molecule has 4 heteroatoms. The molecule has 0 atom stereocenters. The molecule has 0 amide bonds. The average Bonchev–Trinajstić information content (AvgIpc) is 2.30. The Hall–Kier alpha value is -1.26. The zero-order chi connectivity index (χ0) is 10.7. The van der Waals surface area contributed by atoms with Crippen molar-refractivity contribution in [2.45, 2.75) is 0 Å². The molecule has 2 rings (SSSR count). The van der Waals surface area contributed by atoms with Gasteiger partial charge in [0.1, 0.15) is 0 Å². The lowest BCUT2D eigenvalue weighted by Crippen LogP contribution is -2.44. The predicted octanol–water partition coefficient (Wildman–Crippen LogP) is 1.24. The van der Waals surface area contributed by atoms with E-state index in [1.165, 1.54) is 10.8 Å². The number of benzene rings is 1. The molecule has 2 N–H and O–H groups in total. The summed E-state index contributed by atoms with van der Waals surface area (Å²) in [7, 11) is 1.92. The molecule has 1 aliphatic heterocycles. The van der Waals surface area contributed by atoms with Crippen LogP contribution in [0.15, 0.2) is 24.3 Å². The number of nitrogens with one attached hydrogen (secondary N) is 1. The highest BCUT2D eigenvalue weighted by atomic mass is 16.5. The van der Waals surface area contributed by atoms with Crippen molar-refractivity contribution in [3.05, 3.63) is 24.3 Å². The first-order valence-corrected chi connectivity index (χ1v) is 5.26. The van der Waals surface area contributed by atoms with Crippen molar-refractivity contribution in [3.8, 4) is 0 Å². The molecule has 0 unspecified atom stereocenters. The Balaban J connectivity index is 2.03. The third-order valence-electron chi connectivity index (χ3n) is 2.78. The molecular weight excluding hydrogens is 190 g/mol. The number of nitrogens with zero attached hydrogens (tertiary/aromatic N) is 2. The lowest BCUT2D eigenvalue weighted by atomic mass is 10.2. The Kier molecular flexibility index (Phi) is 3.08. The normalized spacial score (nSPS) is 17.9. The van der Waals surface area contributed by atoms with E-state index in [1.54, 1.807) is 0 Å². The van der Waals surface area contributed by atoms with Gasteiger partial charge < -0.3 is 15.4 Å². The minimum atomic E-state index is 0.716. The van der Waals surface area contributed by atoms with Crippen molar-refractivity contribution in [1.29, 1.82) is 0 Å². The molecule has 0 radical (unpaired) electrons. The smallest absolute Gasteiger partial charge is 0.0414 e. The van der Waals surface area contributed by atoms with Gasteiger partial charge in [-0.05, 0) is 24.3 Å². The Labute approximate surface area is 90.1 Å². The van der Waals surface area contributed by atoms with Gasteiger partial charge in [-0.3, -0.25) is 0 Å². The zero-order valence-electron chi connectivity index (χ0n) is 8.98. The van der Waals surface area contributed by atoms with Gasteiger partial charge in [-0.1, -0.05) is 0 Å². The van der Waals surface area contributed by atoms with E-state index < -0.39 is 0 Å². The minimum Gasteiger partial charge on any atom is -0.388 e. The van der Waals surface area contributed by atoms with Crippen LogP contribution in [-0.4, -0.2) is 43.5 Å². The number of hydrogen-bond acceptors (Lipinski definition) is 4.